The molecule has 19 heavy (non-hydrogen) atoms. The van der Waals surface area contributed by atoms with Crippen LogP contribution in [0.1, 0.15) is 46.1 Å². The van der Waals surface area contributed by atoms with Gasteiger partial charge in [-0.15, -0.1) is 0 Å². The van der Waals surface area contributed by atoms with Crippen molar-refractivity contribution in [3.63, 3.8) is 0 Å². The maximum atomic E-state index is 12.1. The van der Waals surface area contributed by atoms with E-state index in [-0.39, 0.29) is 11.4 Å². The van der Waals surface area contributed by atoms with E-state index in [0.29, 0.717) is 6.42 Å². The predicted octanol–water partition coefficient (Wildman–Crippen LogP) is 2.64. The summed E-state index contributed by atoms with van der Waals surface area (Å²) in [7, 11) is 0. The number of amides is 1. The third kappa shape index (κ3) is 5.03. The summed E-state index contributed by atoms with van der Waals surface area (Å²) in [4.78, 5) is 12.1. The first-order valence-electron chi connectivity index (χ1n) is 6.92. The monoisotopic (exact) mass is 262 g/mol. The maximum Gasteiger partial charge on any atom is 0.240 e. The number of nitrogens with two attached hydrogens (primary N) is 1. The van der Waals surface area contributed by atoms with E-state index in [1.807, 2.05) is 39.0 Å². The molecule has 0 heterocycles. The molecule has 1 amide bonds. The van der Waals surface area contributed by atoms with E-state index < -0.39 is 5.54 Å². The summed E-state index contributed by atoms with van der Waals surface area (Å²) >= 11 is 0. The lowest BCUT2D eigenvalue weighted by atomic mass is 9.92. The molecular formula is C16H26N2O. The van der Waals surface area contributed by atoms with E-state index in [9.17, 15) is 4.79 Å². The van der Waals surface area contributed by atoms with Crippen LogP contribution in [0.15, 0.2) is 30.3 Å². The molecule has 0 aromatic heterocycles. The van der Waals surface area contributed by atoms with E-state index in [1.165, 1.54) is 5.56 Å². The maximum absolute atomic E-state index is 12.1. The molecule has 3 heteroatoms. The smallest absolute Gasteiger partial charge is 0.240 e. The lowest BCUT2D eigenvalue weighted by molar-refractivity contribution is -0.127. The molecular weight excluding hydrogens is 236 g/mol. The Balaban J connectivity index is 2.55. The fourth-order valence-corrected chi connectivity index (χ4v) is 1.77. The number of aryl methyl sites for hydroxylation is 1. The highest BCUT2D eigenvalue weighted by Crippen LogP contribution is 2.15. The Morgan fingerprint density at radius 2 is 1.79 bits per heavy atom. The molecule has 1 atom stereocenters. The molecule has 0 aliphatic heterocycles. The Morgan fingerprint density at radius 1 is 1.21 bits per heavy atom. The number of rotatable bonds is 6. The first kappa shape index (κ1) is 15.7. The number of hydrogen-bond acceptors (Lipinski definition) is 2. The highest BCUT2D eigenvalue weighted by atomic mass is 16.2. The number of carbonyl (C=O) groups excluding carboxylic acids is 1. The van der Waals surface area contributed by atoms with Gasteiger partial charge in [0, 0.05) is 5.54 Å². The van der Waals surface area contributed by atoms with Gasteiger partial charge in [0.15, 0.2) is 0 Å². The minimum atomic E-state index is -0.788. The van der Waals surface area contributed by atoms with Crippen molar-refractivity contribution in [2.75, 3.05) is 0 Å². The highest BCUT2D eigenvalue weighted by Gasteiger charge is 2.30. The Morgan fingerprint density at radius 3 is 2.32 bits per heavy atom. The van der Waals surface area contributed by atoms with Crippen molar-refractivity contribution in [1.82, 2.24) is 5.32 Å². The summed E-state index contributed by atoms with van der Waals surface area (Å²) in [5.74, 6) is -0.0759. The van der Waals surface area contributed by atoms with E-state index in [1.54, 1.807) is 6.92 Å². The van der Waals surface area contributed by atoms with Gasteiger partial charge in [-0.1, -0.05) is 37.3 Å². The lowest BCUT2D eigenvalue weighted by Gasteiger charge is -2.31. The number of carbonyl (C=O) groups is 1. The van der Waals surface area contributed by atoms with Crippen molar-refractivity contribution < 1.29 is 4.79 Å². The topological polar surface area (TPSA) is 55.1 Å². The van der Waals surface area contributed by atoms with Crippen molar-refractivity contribution in [1.29, 1.82) is 0 Å². The number of nitrogens with one attached hydrogen (secondary N) is 1. The zero-order chi connectivity index (χ0) is 14.5. The van der Waals surface area contributed by atoms with Crippen LogP contribution in [0.3, 0.4) is 0 Å². The van der Waals surface area contributed by atoms with Gasteiger partial charge in [0.05, 0.1) is 5.54 Å². The zero-order valence-electron chi connectivity index (χ0n) is 12.5. The predicted molar refractivity (Wildman–Crippen MR) is 79.9 cm³/mol. The third-order valence-corrected chi connectivity index (χ3v) is 3.59. The normalized spacial score (nSPS) is 14.8. The standard InChI is InChI=1S/C16H26N2O/c1-5-16(4,17)14(19)18-15(2,3)12-11-13-9-7-6-8-10-13/h6-10H,5,11-12,17H2,1-4H3,(H,18,19). The SMILES string of the molecule is CCC(C)(N)C(=O)NC(C)(C)CCc1ccccc1. The van der Waals surface area contributed by atoms with E-state index in [4.69, 9.17) is 5.73 Å². The molecule has 3 N–H and O–H groups in total. The van der Waals surface area contributed by atoms with Crippen molar-refractivity contribution >= 4 is 5.91 Å². The van der Waals surface area contributed by atoms with Gasteiger partial charge in [-0.25, -0.2) is 0 Å². The summed E-state index contributed by atoms with van der Waals surface area (Å²) in [6.45, 7) is 7.78. The molecule has 0 saturated carbocycles. The summed E-state index contributed by atoms with van der Waals surface area (Å²) in [5.41, 5.74) is 6.21. The first-order chi connectivity index (χ1) is 8.77. The molecule has 0 fully saturated rings. The molecule has 0 radical (unpaired) electrons. The Hall–Kier alpha value is -1.35. The Bertz CT molecular complexity index is 410. The van der Waals surface area contributed by atoms with Crippen LogP contribution in [0.5, 0.6) is 0 Å². The van der Waals surface area contributed by atoms with E-state index >= 15 is 0 Å². The zero-order valence-corrected chi connectivity index (χ0v) is 12.5. The molecule has 0 aliphatic carbocycles. The molecule has 1 unspecified atom stereocenters. The number of hydrogen-bond donors (Lipinski definition) is 2. The van der Waals surface area contributed by atoms with Crippen molar-refractivity contribution in [3.05, 3.63) is 35.9 Å². The summed E-state index contributed by atoms with van der Waals surface area (Å²) in [6.07, 6.45) is 2.47. The molecule has 0 bridgehead atoms. The second kappa shape index (κ2) is 6.20. The fourth-order valence-electron chi connectivity index (χ4n) is 1.77. The molecule has 1 aromatic carbocycles. The van der Waals surface area contributed by atoms with Gasteiger partial charge >= 0.3 is 0 Å². The van der Waals surface area contributed by atoms with Gasteiger partial charge in [-0.05, 0) is 45.6 Å². The molecule has 0 saturated heterocycles. The average Bonchev–Trinajstić information content (AvgIpc) is 2.37. The molecule has 0 aliphatic rings. The third-order valence-electron chi connectivity index (χ3n) is 3.59. The minimum absolute atomic E-state index is 0.0759. The quantitative estimate of drug-likeness (QED) is 0.828. The van der Waals surface area contributed by atoms with Crippen molar-refractivity contribution in [2.24, 2.45) is 5.73 Å². The molecule has 3 nitrogen and oxygen atoms in total. The Kier molecular flexibility index (Phi) is 5.12. The van der Waals surface area contributed by atoms with E-state index in [2.05, 4.69) is 17.4 Å². The minimum Gasteiger partial charge on any atom is -0.350 e. The van der Waals surface area contributed by atoms with Gasteiger partial charge in [-0.2, -0.15) is 0 Å². The Labute approximate surface area is 116 Å². The van der Waals surface area contributed by atoms with Crippen LogP contribution in [-0.4, -0.2) is 17.0 Å². The fraction of sp³-hybridized carbons (Fsp3) is 0.562. The summed E-state index contributed by atoms with van der Waals surface area (Å²) in [5, 5.41) is 3.05. The second-order valence-corrected chi connectivity index (χ2v) is 6.09. The van der Waals surface area contributed by atoms with Gasteiger partial charge in [0.1, 0.15) is 0 Å². The van der Waals surface area contributed by atoms with Gasteiger partial charge < -0.3 is 11.1 Å². The van der Waals surface area contributed by atoms with Crippen LogP contribution in [-0.2, 0) is 11.2 Å². The van der Waals surface area contributed by atoms with Gasteiger partial charge in [0.25, 0.3) is 0 Å². The van der Waals surface area contributed by atoms with Gasteiger partial charge in [-0.3, -0.25) is 4.79 Å². The van der Waals surface area contributed by atoms with E-state index in [0.717, 1.165) is 12.8 Å². The van der Waals surface area contributed by atoms with Gasteiger partial charge in [0.2, 0.25) is 5.91 Å². The highest BCUT2D eigenvalue weighted by molar-refractivity contribution is 5.86. The van der Waals surface area contributed by atoms with Crippen LogP contribution < -0.4 is 11.1 Å². The van der Waals surface area contributed by atoms with Crippen LogP contribution in [0, 0.1) is 0 Å². The van der Waals surface area contributed by atoms with Crippen LogP contribution in [0.2, 0.25) is 0 Å². The lowest BCUT2D eigenvalue weighted by Crippen LogP contribution is -2.57. The molecule has 1 rings (SSSR count). The van der Waals surface area contributed by atoms with Crippen LogP contribution >= 0.6 is 0 Å². The number of benzene rings is 1. The van der Waals surface area contributed by atoms with Crippen LogP contribution in [0.4, 0.5) is 0 Å². The summed E-state index contributed by atoms with van der Waals surface area (Å²) in [6, 6.07) is 10.3. The average molecular weight is 262 g/mol. The molecule has 0 spiro atoms. The second-order valence-electron chi connectivity index (χ2n) is 6.09. The summed E-state index contributed by atoms with van der Waals surface area (Å²) < 4.78 is 0. The van der Waals surface area contributed by atoms with Crippen LogP contribution in [0.25, 0.3) is 0 Å². The molecule has 106 valence electrons. The largest absolute Gasteiger partial charge is 0.350 e. The first-order valence-corrected chi connectivity index (χ1v) is 6.92. The molecule has 1 aromatic rings. The van der Waals surface area contributed by atoms with Crippen molar-refractivity contribution in [3.8, 4) is 0 Å². The van der Waals surface area contributed by atoms with Crippen molar-refractivity contribution in [2.45, 2.75) is 58.0 Å².